The second-order valence-corrected chi connectivity index (χ2v) is 5.88. The van der Waals surface area contributed by atoms with Crippen molar-refractivity contribution in [1.29, 1.82) is 0 Å². The van der Waals surface area contributed by atoms with Crippen LogP contribution in [-0.4, -0.2) is 12.5 Å². The van der Waals surface area contributed by atoms with Gasteiger partial charge < -0.3 is 11.1 Å². The van der Waals surface area contributed by atoms with Crippen molar-refractivity contribution >= 4 is 34.8 Å². The number of benzene rings is 1. The molecule has 0 bridgehead atoms. The Kier molecular flexibility index (Phi) is 8.01. The minimum Gasteiger partial charge on any atom is -0.330 e. The molecule has 1 aromatic rings. The number of nitrogens with two attached hydrogens (primary N) is 1. The van der Waals surface area contributed by atoms with Crippen molar-refractivity contribution in [2.45, 2.75) is 39.0 Å². The van der Waals surface area contributed by atoms with Crippen molar-refractivity contribution in [3.8, 4) is 0 Å². The summed E-state index contributed by atoms with van der Waals surface area (Å²) in [6.45, 7) is 2.74. The minimum absolute atomic E-state index is 0.0976. The molecule has 0 fully saturated rings. The molecule has 0 aliphatic heterocycles. The van der Waals surface area contributed by atoms with Crippen LogP contribution in [0.25, 0.3) is 0 Å². The van der Waals surface area contributed by atoms with Gasteiger partial charge in [-0.25, -0.2) is 4.39 Å². The van der Waals surface area contributed by atoms with Gasteiger partial charge in [0.15, 0.2) is 0 Å². The lowest BCUT2D eigenvalue weighted by Crippen LogP contribution is -2.16. The molecule has 3 N–H and O–H groups in total. The zero-order valence-electron chi connectivity index (χ0n) is 12.1. The first-order valence-electron chi connectivity index (χ1n) is 7.12. The van der Waals surface area contributed by atoms with Crippen molar-refractivity contribution in [2.24, 2.45) is 11.7 Å². The fraction of sp³-hybridized carbons (Fsp3) is 0.533. The maximum atomic E-state index is 13.1. The van der Waals surface area contributed by atoms with E-state index < -0.39 is 5.82 Å². The van der Waals surface area contributed by atoms with E-state index in [4.69, 9.17) is 28.9 Å². The lowest BCUT2D eigenvalue weighted by atomic mass is 9.94. The Morgan fingerprint density at radius 1 is 1.29 bits per heavy atom. The number of hydrogen-bond donors (Lipinski definition) is 2. The fourth-order valence-electron chi connectivity index (χ4n) is 2.28. The second kappa shape index (κ2) is 9.23. The standard InChI is InChI=1S/C15H21Cl2FN2O/c1-2-3-10(6-7-19)4-5-14(21)20-15-12(16)8-11(18)9-13(15)17/h8-10H,2-7,19H2,1H3,(H,20,21). The molecule has 0 aliphatic rings. The highest BCUT2D eigenvalue weighted by molar-refractivity contribution is 6.39. The quantitative estimate of drug-likeness (QED) is 0.728. The van der Waals surface area contributed by atoms with Crippen LogP contribution in [0.15, 0.2) is 12.1 Å². The summed E-state index contributed by atoms with van der Waals surface area (Å²) in [5, 5.41) is 2.84. The molecule has 118 valence electrons. The van der Waals surface area contributed by atoms with Crippen LogP contribution in [0.3, 0.4) is 0 Å². The molecule has 1 amide bonds. The van der Waals surface area contributed by atoms with Gasteiger partial charge in [-0.2, -0.15) is 0 Å². The van der Waals surface area contributed by atoms with Gasteiger partial charge in [0.25, 0.3) is 0 Å². The number of hydrogen-bond acceptors (Lipinski definition) is 2. The van der Waals surface area contributed by atoms with Crippen molar-refractivity contribution in [1.82, 2.24) is 0 Å². The fourth-order valence-corrected chi connectivity index (χ4v) is 2.83. The Hall–Kier alpha value is -0.840. The van der Waals surface area contributed by atoms with Gasteiger partial charge in [0.2, 0.25) is 5.91 Å². The first-order valence-corrected chi connectivity index (χ1v) is 7.88. The van der Waals surface area contributed by atoms with Crippen LogP contribution in [0.4, 0.5) is 10.1 Å². The number of halogens is 3. The van der Waals surface area contributed by atoms with Crippen molar-refractivity contribution < 1.29 is 9.18 Å². The summed E-state index contributed by atoms with van der Waals surface area (Å²) in [6.07, 6.45) is 4.19. The summed E-state index contributed by atoms with van der Waals surface area (Å²) < 4.78 is 13.1. The lowest BCUT2D eigenvalue weighted by Gasteiger charge is -2.15. The molecule has 1 aromatic carbocycles. The summed E-state index contributed by atoms with van der Waals surface area (Å²) in [7, 11) is 0. The van der Waals surface area contributed by atoms with Gasteiger partial charge in [0, 0.05) is 6.42 Å². The topological polar surface area (TPSA) is 55.1 Å². The van der Waals surface area contributed by atoms with Gasteiger partial charge >= 0.3 is 0 Å². The molecule has 0 aliphatic carbocycles. The van der Waals surface area contributed by atoms with Crippen LogP contribution in [0.1, 0.15) is 39.0 Å². The summed E-state index contributed by atoms with van der Waals surface area (Å²) >= 11 is 11.8. The first-order chi connectivity index (χ1) is 9.97. The first kappa shape index (κ1) is 18.2. The smallest absolute Gasteiger partial charge is 0.224 e. The Morgan fingerprint density at radius 2 is 1.90 bits per heavy atom. The van der Waals surface area contributed by atoms with E-state index >= 15 is 0 Å². The highest BCUT2D eigenvalue weighted by Gasteiger charge is 2.14. The van der Waals surface area contributed by atoms with E-state index in [9.17, 15) is 9.18 Å². The Balaban J connectivity index is 2.57. The number of carbonyl (C=O) groups is 1. The predicted molar refractivity (Wildman–Crippen MR) is 86.4 cm³/mol. The molecule has 21 heavy (non-hydrogen) atoms. The molecule has 0 saturated carbocycles. The van der Waals surface area contributed by atoms with Crippen LogP contribution in [0, 0.1) is 11.7 Å². The summed E-state index contributed by atoms with van der Waals surface area (Å²) in [5.41, 5.74) is 5.83. The number of anilines is 1. The monoisotopic (exact) mass is 334 g/mol. The van der Waals surface area contributed by atoms with Gasteiger partial charge in [-0.05, 0) is 37.4 Å². The van der Waals surface area contributed by atoms with E-state index in [2.05, 4.69) is 12.2 Å². The Bertz CT molecular complexity index is 454. The van der Waals surface area contributed by atoms with Gasteiger partial charge in [-0.1, -0.05) is 43.0 Å². The van der Waals surface area contributed by atoms with Crippen molar-refractivity contribution in [2.75, 3.05) is 11.9 Å². The molecule has 1 rings (SSSR count). The average Bonchev–Trinajstić information content (AvgIpc) is 2.40. The molecular weight excluding hydrogens is 314 g/mol. The van der Waals surface area contributed by atoms with Gasteiger partial charge in [-0.15, -0.1) is 0 Å². The van der Waals surface area contributed by atoms with E-state index in [0.29, 0.717) is 18.9 Å². The van der Waals surface area contributed by atoms with Gasteiger partial charge in [-0.3, -0.25) is 4.79 Å². The van der Waals surface area contributed by atoms with E-state index in [-0.39, 0.29) is 21.6 Å². The van der Waals surface area contributed by atoms with Crippen LogP contribution in [0.2, 0.25) is 10.0 Å². The summed E-state index contributed by atoms with van der Waals surface area (Å²) in [5.74, 6) is -0.262. The van der Waals surface area contributed by atoms with E-state index in [1.54, 1.807) is 0 Å². The maximum Gasteiger partial charge on any atom is 0.224 e. The number of carbonyl (C=O) groups excluding carboxylic acids is 1. The molecule has 0 saturated heterocycles. The molecule has 1 unspecified atom stereocenters. The third kappa shape index (κ3) is 6.20. The molecule has 0 spiro atoms. The third-order valence-corrected chi connectivity index (χ3v) is 3.92. The molecule has 0 heterocycles. The zero-order chi connectivity index (χ0) is 15.8. The summed E-state index contributed by atoms with van der Waals surface area (Å²) in [6, 6.07) is 2.24. The Labute approximate surface area is 135 Å². The normalized spacial score (nSPS) is 12.2. The van der Waals surface area contributed by atoms with E-state index in [0.717, 1.165) is 37.8 Å². The molecule has 0 aromatic heterocycles. The molecule has 6 heteroatoms. The minimum atomic E-state index is -0.533. The number of amides is 1. The van der Waals surface area contributed by atoms with Crippen LogP contribution in [-0.2, 0) is 4.79 Å². The highest BCUT2D eigenvalue weighted by Crippen LogP contribution is 2.31. The number of rotatable bonds is 8. The van der Waals surface area contributed by atoms with Crippen LogP contribution in [0.5, 0.6) is 0 Å². The van der Waals surface area contributed by atoms with E-state index in [1.165, 1.54) is 0 Å². The molecular formula is C15H21Cl2FN2O. The second-order valence-electron chi connectivity index (χ2n) is 5.06. The lowest BCUT2D eigenvalue weighted by molar-refractivity contribution is -0.116. The SMILES string of the molecule is CCCC(CCN)CCC(=O)Nc1c(Cl)cc(F)cc1Cl. The molecule has 0 radical (unpaired) electrons. The zero-order valence-corrected chi connectivity index (χ0v) is 13.6. The van der Waals surface area contributed by atoms with Gasteiger partial charge in [0.1, 0.15) is 5.82 Å². The third-order valence-electron chi connectivity index (χ3n) is 3.32. The van der Waals surface area contributed by atoms with Crippen molar-refractivity contribution in [3.63, 3.8) is 0 Å². The average molecular weight is 335 g/mol. The number of nitrogens with one attached hydrogen (secondary N) is 1. The van der Waals surface area contributed by atoms with Crippen LogP contribution < -0.4 is 11.1 Å². The maximum absolute atomic E-state index is 13.1. The summed E-state index contributed by atoms with van der Waals surface area (Å²) in [4.78, 5) is 12.0. The molecule has 1 atom stereocenters. The highest BCUT2D eigenvalue weighted by atomic mass is 35.5. The van der Waals surface area contributed by atoms with Gasteiger partial charge in [0.05, 0.1) is 15.7 Å². The van der Waals surface area contributed by atoms with Crippen molar-refractivity contribution in [3.05, 3.63) is 28.0 Å². The predicted octanol–water partition coefficient (Wildman–Crippen LogP) is 4.62. The Morgan fingerprint density at radius 3 is 2.43 bits per heavy atom. The van der Waals surface area contributed by atoms with Crippen LogP contribution >= 0.6 is 23.2 Å². The van der Waals surface area contributed by atoms with E-state index in [1.807, 2.05) is 0 Å². The largest absolute Gasteiger partial charge is 0.330 e. The molecule has 3 nitrogen and oxygen atoms in total.